The second kappa shape index (κ2) is 6.74. The zero-order valence-corrected chi connectivity index (χ0v) is 14.3. The van der Waals surface area contributed by atoms with Crippen LogP contribution in [0, 0.1) is 0 Å². The Kier molecular flexibility index (Phi) is 5.24. The number of aryl methyl sites for hydroxylation is 1. The van der Waals surface area contributed by atoms with Crippen LogP contribution < -0.4 is 5.32 Å². The number of nitrogens with one attached hydrogen (secondary N) is 1. The lowest BCUT2D eigenvalue weighted by Gasteiger charge is -2.11. The summed E-state index contributed by atoms with van der Waals surface area (Å²) in [6.07, 6.45) is 1.88. The molecule has 0 bridgehead atoms. The smallest absolute Gasteiger partial charge is 0.163 e. The van der Waals surface area contributed by atoms with Gasteiger partial charge < -0.3 is 5.32 Å². The van der Waals surface area contributed by atoms with Crippen LogP contribution in [0.15, 0.2) is 22.7 Å². The third-order valence-corrected chi connectivity index (χ3v) is 4.20. The third kappa shape index (κ3) is 3.25. The standard InChI is InChI=1S/C14H14BrCl2N3/c1-3-4-11-12(15)14(18-2)20-13(19-11)9-6-5-8(16)7-10(9)17/h5-7H,3-4H2,1-2H3,(H,18,19,20). The van der Waals surface area contributed by atoms with Gasteiger partial charge in [0.2, 0.25) is 0 Å². The van der Waals surface area contributed by atoms with Gasteiger partial charge in [-0.3, -0.25) is 0 Å². The summed E-state index contributed by atoms with van der Waals surface area (Å²) in [5.41, 5.74) is 1.74. The number of hydrogen-bond acceptors (Lipinski definition) is 3. The minimum absolute atomic E-state index is 0.546. The molecular weight excluding hydrogens is 361 g/mol. The summed E-state index contributed by atoms with van der Waals surface area (Å²) in [7, 11) is 1.83. The van der Waals surface area contributed by atoms with E-state index in [1.807, 2.05) is 13.1 Å². The first-order chi connectivity index (χ1) is 9.56. The fraction of sp³-hybridized carbons (Fsp3) is 0.286. The van der Waals surface area contributed by atoms with Crippen molar-refractivity contribution in [2.45, 2.75) is 19.8 Å². The average molecular weight is 375 g/mol. The van der Waals surface area contributed by atoms with Crippen molar-refractivity contribution in [1.29, 1.82) is 0 Å². The number of nitrogens with zero attached hydrogens (tertiary/aromatic N) is 2. The van der Waals surface area contributed by atoms with Gasteiger partial charge in [0.25, 0.3) is 0 Å². The Morgan fingerprint density at radius 2 is 2.00 bits per heavy atom. The highest BCUT2D eigenvalue weighted by Gasteiger charge is 2.14. The summed E-state index contributed by atoms with van der Waals surface area (Å²) in [5.74, 6) is 1.35. The predicted molar refractivity (Wildman–Crippen MR) is 88.7 cm³/mol. The molecule has 0 aliphatic rings. The minimum Gasteiger partial charge on any atom is -0.372 e. The summed E-state index contributed by atoms with van der Waals surface area (Å²) in [6.45, 7) is 2.11. The molecule has 0 amide bonds. The molecule has 0 aliphatic heterocycles. The molecule has 0 unspecified atom stereocenters. The zero-order valence-electron chi connectivity index (χ0n) is 11.2. The molecule has 106 valence electrons. The Labute approximate surface area is 136 Å². The van der Waals surface area contributed by atoms with Crippen LogP contribution in [0.25, 0.3) is 11.4 Å². The van der Waals surface area contributed by atoms with Gasteiger partial charge in [0, 0.05) is 17.6 Å². The average Bonchev–Trinajstić information content (AvgIpc) is 2.41. The second-order valence-electron chi connectivity index (χ2n) is 4.28. The van der Waals surface area contributed by atoms with E-state index < -0.39 is 0 Å². The van der Waals surface area contributed by atoms with E-state index in [0.717, 1.165) is 34.4 Å². The molecule has 0 atom stereocenters. The number of anilines is 1. The van der Waals surface area contributed by atoms with Gasteiger partial charge in [0.05, 0.1) is 15.2 Å². The third-order valence-electron chi connectivity index (χ3n) is 2.82. The largest absolute Gasteiger partial charge is 0.372 e. The highest BCUT2D eigenvalue weighted by molar-refractivity contribution is 9.10. The van der Waals surface area contributed by atoms with Gasteiger partial charge in [-0.25, -0.2) is 9.97 Å². The van der Waals surface area contributed by atoms with Crippen molar-refractivity contribution in [3.8, 4) is 11.4 Å². The molecule has 1 aromatic carbocycles. The monoisotopic (exact) mass is 373 g/mol. The van der Waals surface area contributed by atoms with E-state index in [4.69, 9.17) is 23.2 Å². The van der Waals surface area contributed by atoms with Crippen LogP contribution >= 0.6 is 39.1 Å². The summed E-state index contributed by atoms with van der Waals surface area (Å²) >= 11 is 15.7. The molecule has 0 saturated heterocycles. The van der Waals surface area contributed by atoms with E-state index in [-0.39, 0.29) is 0 Å². The van der Waals surface area contributed by atoms with Gasteiger partial charge in [-0.15, -0.1) is 0 Å². The lowest BCUT2D eigenvalue weighted by molar-refractivity contribution is 0.869. The molecular formula is C14H14BrCl2N3. The number of aromatic nitrogens is 2. The van der Waals surface area contributed by atoms with Crippen molar-refractivity contribution in [3.63, 3.8) is 0 Å². The highest BCUT2D eigenvalue weighted by atomic mass is 79.9. The van der Waals surface area contributed by atoms with Gasteiger partial charge >= 0.3 is 0 Å². The highest BCUT2D eigenvalue weighted by Crippen LogP contribution is 2.32. The van der Waals surface area contributed by atoms with Crippen molar-refractivity contribution in [3.05, 3.63) is 38.4 Å². The van der Waals surface area contributed by atoms with Gasteiger partial charge in [-0.05, 0) is 40.5 Å². The summed E-state index contributed by atoms with van der Waals surface area (Å²) < 4.78 is 0.899. The number of halogens is 3. The van der Waals surface area contributed by atoms with E-state index in [0.29, 0.717) is 15.9 Å². The first kappa shape index (κ1) is 15.5. The molecule has 2 rings (SSSR count). The SMILES string of the molecule is CCCc1nc(-c2ccc(Cl)cc2Cl)nc(NC)c1Br. The van der Waals surface area contributed by atoms with Crippen LogP contribution in [0.1, 0.15) is 19.0 Å². The first-order valence-electron chi connectivity index (χ1n) is 6.26. The molecule has 1 aromatic heterocycles. The topological polar surface area (TPSA) is 37.8 Å². The molecule has 0 radical (unpaired) electrons. The van der Waals surface area contributed by atoms with E-state index in [9.17, 15) is 0 Å². The van der Waals surface area contributed by atoms with Crippen LogP contribution in [0.5, 0.6) is 0 Å². The van der Waals surface area contributed by atoms with Crippen LogP contribution in [-0.2, 0) is 6.42 Å². The fourth-order valence-electron chi connectivity index (χ4n) is 1.85. The van der Waals surface area contributed by atoms with Crippen molar-refractivity contribution >= 4 is 44.9 Å². The van der Waals surface area contributed by atoms with Crippen LogP contribution in [0.3, 0.4) is 0 Å². The van der Waals surface area contributed by atoms with Gasteiger partial charge in [0.1, 0.15) is 5.82 Å². The molecule has 0 spiro atoms. The normalized spacial score (nSPS) is 10.7. The Morgan fingerprint density at radius 1 is 1.25 bits per heavy atom. The second-order valence-corrected chi connectivity index (χ2v) is 5.92. The van der Waals surface area contributed by atoms with E-state index >= 15 is 0 Å². The van der Waals surface area contributed by atoms with Gasteiger partial charge in [-0.1, -0.05) is 36.5 Å². The maximum absolute atomic E-state index is 6.23. The van der Waals surface area contributed by atoms with Crippen molar-refractivity contribution in [2.75, 3.05) is 12.4 Å². The lowest BCUT2D eigenvalue weighted by Crippen LogP contribution is -2.03. The summed E-state index contributed by atoms with van der Waals surface area (Å²) in [4.78, 5) is 9.10. The molecule has 0 saturated carbocycles. The Hall–Kier alpha value is -0.840. The number of hydrogen-bond donors (Lipinski definition) is 1. The van der Waals surface area contributed by atoms with Gasteiger partial charge in [0.15, 0.2) is 5.82 Å². The maximum Gasteiger partial charge on any atom is 0.163 e. The van der Waals surface area contributed by atoms with Crippen molar-refractivity contribution in [1.82, 2.24) is 9.97 Å². The van der Waals surface area contributed by atoms with Gasteiger partial charge in [-0.2, -0.15) is 0 Å². The van der Waals surface area contributed by atoms with Crippen molar-refractivity contribution in [2.24, 2.45) is 0 Å². The molecule has 20 heavy (non-hydrogen) atoms. The maximum atomic E-state index is 6.23. The van der Waals surface area contributed by atoms with E-state index in [1.165, 1.54) is 0 Å². The zero-order chi connectivity index (χ0) is 14.7. The summed E-state index contributed by atoms with van der Waals surface area (Å²) in [6, 6.07) is 5.32. The lowest BCUT2D eigenvalue weighted by atomic mass is 10.2. The molecule has 2 aromatic rings. The Balaban J connectivity index is 2.58. The van der Waals surface area contributed by atoms with Crippen molar-refractivity contribution < 1.29 is 0 Å². The van der Waals surface area contributed by atoms with Crippen LogP contribution in [0.4, 0.5) is 5.82 Å². The minimum atomic E-state index is 0.546. The van der Waals surface area contributed by atoms with Crippen LogP contribution in [-0.4, -0.2) is 17.0 Å². The summed E-state index contributed by atoms with van der Waals surface area (Å²) in [5, 5.41) is 4.21. The first-order valence-corrected chi connectivity index (χ1v) is 7.81. The van der Waals surface area contributed by atoms with E-state index in [1.54, 1.807) is 12.1 Å². The quantitative estimate of drug-likeness (QED) is 0.798. The Morgan fingerprint density at radius 3 is 2.60 bits per heavy atom. The number of benzene rings is 1. The Bertz CT molecular complexity index is 632. The van der Waals surface area contributed by atoms with E-state index in [2.05, 4.69) is 38.1 Å². The predicted octanol–water partition coefficient (Wildman–Crippen LogP) is 5.21. The van der Waals surface area contributed by atoms with Crippen LogP contribution in [0.2, 0.25) is 10.0 Å². The fourth-order valence-corrected chi connectivity index (χ4v) is 2.92. The molecule has 3 nitrogen and oxygen atoms in total. The molecule has 1 N–H and O–H groups in total. The molecule has 6 heteroatoms. The molecule has 0 aliphatic carbocycles. The molecule has 0 fully saturated rings. The number of rotatable bonds is 4. The molecule has 1 heterocycles.